The maximum atomic E-state index is 13.3. The zero-order valence-electron chi connectivity index (χ0n) is 28.6. The lowest BCUT2D eigenvalue weighted by atomic mass is 9.92. The zero-order valence-corrected chi connectivity index (χ0v) is 31.0. The lowest BCUT2D eigenvalue weighted by Gasteiger charge is -2.32. The molecule has 0 saturated heterocycles. The molecule has 0 aliphatic heterocycles. The normalized spacial score (nSPS) is 16.8. The van der Waals surface area contributed by atoms with Crippen molar-refractivity contribution in [2.24, 2.45) is 0 Å². The van der Waals surface area contributed by atoms with Crippen LogP contribution in [0.15, 0.2) is 76.2 Å². The fourth-order valence-electron chi connectivity index (χ4n) is 6.49. The number of aliphatic hydroxyl groups is 2. The number of phenols is 1. The predicted molar refractivity (Wildman–Crippen MR) is 203 cm³/mol. The summed E-state index contributed by atoms with van der Waals surface area (Å²) >= 11 is 9.25. The highest BCUT2D eigenvalue weighted by Gasteiger charge is 2.45. The van der Waals surface area contributed by atoms with E-state index in [1.165, 1.54) is 34.8 Å². The number of aromatic nitrogens is 1. The molecule has 14 heteroatoms. The molecule has 1 atom stereocenters. The van der Waals surface area contributed by atoms with Gasteiger partial charge < -0.3 is 45.1 Å². The summed E-state index contributed by atoms with van der Waals surface area (Å²) in [5.74, 6) is 0.419. The average Bonchev–Trinajstić information content (AvgIpc) is 3.89. The zero-order chi connectivity index (χ0) is 36.7. The molecular formula is C38H42ClN3O8S2. The van der Waals surface area contributed by atoms with Gasteiger partial charge in [-0.05, 0) is 85.3 Å². The number of H-pyrrole nitrogens is 1. The maximum absolute atomic E-state index is 13.3. The van der Waals surface area contributed by atoms with Crippen molar-refractivity contribution in [1.29, 1.82) is 0 Å². The van der Waals surface area contributed by atoms with E-state index in [2.05, 4.69) is 15.6 Å². The number of halogens is 1. The Bertz CT molecular complexity index is 1960. The van der Waals surface area contributed by atoms with Gasteiger partial charge in [-0.2, -0.15) is 0 Å². The number of aromatic amines is 1. The van der Waals surface area contributed by atoms with Crippen LogP contribution in [0.2, 0.25) is 5.02 Å². The second-order valence-electron chi connectivity index (χ2n) is 12.7. The first-order valence-electron chi connectivity index (χ1n) is 17.1. The number of carbonyl (C=O) groups excluding carboxylic acids is 1. The van der Waals surface area contributed by atoms with Crippen molar-refractivity contribution < 1.29 is 34.3 Å². The molecule has 1 saturated carbocycles. The third-order valence-electron chi connectivity index (χ3n) is 9.26. The summed E-state index contributed by atoms with van der Waals surface area (Å²) in [6, 6.07) is 17.0. The van der Waals surface area contributed by atoms with Gasteiger partial charge in [-0.1, -0.05) is 29.8 Å². The molecule has 6 N–H and O–H groups in total. The van der Waals surface area contributed by atoms with Gasteiger partial charge >= 0.3 is 5.97 Å². The highest BCUT2D eigenvalue weighted by molar-refractivity contribution is 7.12. The number of nitrogens with one attached hydrogen (secondary N) is 3. The molecule has 11 nitrogen and oxygen atoms in total. The van der Waals surface area contributed by atoms with E-state index in [-0.39, 0.29) is 29.5 Å². The Labute approximate surface area is 314 Å². The van der Waals surface area contributed by atoms with E-state index in [0.717, 1.165) is 44.2 Å². The summed E-state index contributed by atoms with van der Waals surface area (Å²) in [6.07, 6.45) is 2.76. The first kappa shape index (κ1) is 37.8. The van der Waals surface area contributed by atoms with Crippen LogP contribution >= 0.6 is 34.3 Å². The summed E-state index contributed by atoms with van der Waals surface area (Å²) in [4.78, 5) is 28.7. The van der Waals surface area contributed by atoms with Gasteiger partial charge in [-0.25, -0.2) is 4.79 Å². The Morgan fingerprint density at radius 3 is 2.44 bits per heavy atom. The fraction of sp³-hybridized carbons (Fsp3) is 0.368. The van der Waals surface area contributed by atoms with E-state index in [0.29, 0.717) is 56.4 Å². The van der Waals surface area contributed by atoms with Gasteiger partial charge in [0.05, 0.1) is 40.1 Å². The number of ether oxygens (including phenoxy) is 3. The monoisotopic (exact) mass is 767 g/mol. The second-order valence-corrected chi connectivity index (χ2v) is 15.0. The van der Waals surface area contributed by atoms with Crippen LogP contribution in [0.5, 0.6) is 17.2 Å². The SMILES string of the molecule is COc1cc(OCCCNC2CCC(OC(=O)C(O)(c3cccs3)c3cccs3)CC2)c(Cl)cc1CNC[C@H](O)c1ccc(O)c2[nH]c(=O)ccc12. The number of hydrogen-bond acceptors (Lipinski definition) is 12. The highest BCUT2D eigenvalue weighted by atomic mass is 35.5. The van der Waals surface area contributed by atoms with Crippen molar-refractivity contribution >= 4 is 51.1 Å². The number of rotatable bonds is 16. The Kier molecular flexibility index (Phi) is 12.5. The smallest absolute Gasteiger partial charge is 0.349 e. The van der Waals surface area contributed by atoms with Gasteiger partial charge in [0.2, 0.25) is 11.2 Å². The van der Waals surface area contributed by atoms with Gasteiger partial charge in [0, 0.05) is 42.2 Å². The molecule has 0 unspecified atom stereocenters. The third-order valence-corrected chi connectivity index (χ3v) is 11.5. The molecule has 0 spiro atoms. The molecule has 0 radical (unpaired) electrons. The number of aliphatic hydroxyl groups excluding tert-OH is 1. The van der Waals surface area contributed by atoms with E-state index < -0.39 is 17.7 Å². The maximum Gasteiger partial charge on any atom is 0.349 e. The third kappa shape index (κ3) is 8.63. The molecule has 2 aromatic carbocycles. The van der Waals surface area contributed by atoms with Crippen LogP contribution in [0.25, 0.3) is 10.9 Å². The minimum atomic E-state index is -1.79. The van der Waals surface area contributed by atoms with Gasteiger partial charge in [0.15, 0.2) is 0 Å². The highest BCUT2D eigenvalue weighted by Crippen LogP contribution is 2.38. The minimum absolute atomic E-state index is 0.0650. The number of phenolic OH excluding ortho intramolecular Hbond substituents is 1. The topological polar surface area (TPSA) is 162 Å². The standard InChI is InChI=1S/C38H42ClN3O8S2/c1-48-31-20-32(28(39)19-23(31)21-40-22-30(44)26-11-13-29(43)36-27(26)12-14-35(45)42-36)49-16-4-15-41-24-7-9-25(10-8-24)50-37(46)38(47,33-5-2-17-51-33)34-6-3-18-52-34/h2-3,5-6,11-14,17-20,24-25,30,40-41,43-44,47H,4,7-10,15-16,21-22H2,1H3,(H,42,45)/t24?,25?,30-/m0/s1. The summed E-state index contributed by atoms with van der Waals surface area (Å²) in [6.45, 7) is 1.76. The quantitative estimate of drug-likeness (QED) is 0.0520. The molecule has 6 rings (SSSR count). The van der Waals surface area contributed by atoms with Crippen LogP contribution in [0, 0.1) is 0 Å². The Morgan fingerprint density at radius 2 is 1.77 bits per heavy atom. The van der Waals surface area contributed by atoms with Crippen molar-refractivity contribution in [2.45, 2.75) is 62.5 Å². The molecule has 52 heavy (non-hydrogen) atoms. The number of aromatic hydroxyl groups is 1. The summed E-state index contributed by atoms with van der Waals surface area (Å²) in [7, 11) is 1.57. The van der Waals surface area contributed by atoms with Crippen molar-refractivity contribution in [2.75, 3.05) is 26.8 Å². The van der Waals surface area contributed by atoms with Crippen molar-refractivity contribution in [1.82, 2.24) is 15.6 Å². The van der Waals surface area contributed by atoms with Gasteiger partial charge in [-0.15, -0.1) is 22.7 Å². The number of thiophene rings is 2. The Morgan fingerprint density at radius 1 is 1.04 bits per heavy atom. The van der Waals surface area contributed by atoms with Crippen molar-refractivity contribution in [3.8, 4) is 17.2 Å². The molecule has 3 heterocycles. The van der Waals surface area contributed by atoms with E-state index in [1.54, 1.807) is 43.5 Å². The minimum Gasteiger partial charge on any atom is -0.506 e. The van der Waals surface area contributed by atoms with Crippen LogP contribution in [-0.2, 0) is 21.7 Å². The summed E-state index contributed by atoms with van der Waals surface area (Å²) < 4.78 is 17.5. The molecule has 3 aromatic heterocycles. The number of pyridine rings is 1. The van der Waals surface area contributed by atoms with E-state index in [9.17, 15) is 24.9 Å². The van der Waals surface area contributed by atoms with Crippen molar-refractivity contribution in [3.05, 3.63) is 108 Å². The van der Waals surface area contributed by atoms with Gasteiger partial charge in [0.1, 0.15) is 23.4 Å². The van der Waals surface area contributed by atoms with E-state index >= 15 is 0 Å². The summed E-state index contributed by atoms with van der Waals surface area (Å²) in [5.41, 5.74) is -0.490. The molecule has 1 aliphatic rings. The molecule has 0 amide bonds. The number of fused-ring (bicyclic) bond motifs is 1. The van der Waals surface area contributed by atoms with E-state index in [4.69, 9.17) is 25.8 Å². The van der Waals surface area contributed by atoms with Crippen molar-refractivity contribution in [3.63, 3.8) is 0 Å². The molecule has 1 fully saturated rings. The van der Waals surface area contributed by atoms with Crippen LogP contribution < -0.4 is 25.7 Å². The number of methoxy groups -OCH3 is 1. The molecule has 0 bridgehead atoms. The predicted octanol–water partition coefficient (Wildman–Crippen LogP) is 5.99. The van der Waals surface area contributed by atoms with Crippen LogP contribution in [0.1, 0.15) is 59.1 Å². The number of esters is 1. The first-order valence-corrected chi connectivity index (χ1v) is 19.3. The van der Waals surface area contributed by atoms with Crippen LogP contribution in [0.3, 0.4) is 0 Å². The molecular weight excluding hydrogens is 726 g/mol. The number of carbonyl (C=O) groups is 1. The Balaban J connectivity index is 0.922. The largest absolute Gasteiger partial charge is 0.506 e. The van der Waals surface area contributed by atoms with E-state index in [1.807, 2.05) is 22.9 Å². The number of hydrogen-bond donors (Lipinski definition) is 6. The lowest BCUT2D eigenvalue weighted by Crippen LogP contribution is -2.42. The average molecular weight is 768 g/mol. The number of benzene rings is 2. The van der Waals surface area contributed by atoms with Crippen LogP contribution in [0.4, 0.5) is 0 Å². The molecule has 5 aromatic rings. The molecule has 276 valence electrons. The summed E-state index contributed by atoms with van der Waals surface area (Å²) in [5, 5.41) is 44.0. The molecule has 1 aliphatic carbocycles. The van der Waals surface area contributed by atoms with Gasteiger partial charge in [-0.3, -0.25) is 4.79 Å². The Hall–Kier alpha value is -3.95. The lowest BCUT2D eigenvalue weighted by molar-refractivity contribution is -0.169. The van der Waals surface area contributed by atoms with Crippen LogP contribution in [-0.4, -0.2) is 65.2 Å². The first-order chi connectivity index (χ1) is 25.2. The van der Waals surface area contributed by atoms with Gasteiger partial charge in [0.25, 0.3) is 0 Å². The fourth-order valence-corrected chi connectivity index (χ4v) is 8.45. The second kappa shape index (κ2) is 17.3.